The van der Waals surface area contributed by atoms with Crippen molar-refractivity contribution in [3.8, 4) is 0 Å². The number of carbonyl (C=O) groups excluding carboxylic acids is 2. The van der Waals surface area contributed by atoms with Gasteiger partial charge in [-0.15, -0.1) is 0 Å². The van der Waals surface area contributed by atoms with Gasteiger partial charge in [0.2, 0.25) is 11.6 Å². The molecule has 4 heterocycles. The predicted octanol–water partition coefficient (Wildman–Crippen LogP) is 9.04. The lowest BCUT2D eigenvalue weighted by Crippen LogP contribution is -2.16. The molecule has 0 unspecified atom stereocenters. The SMILES string of the molecule is Cc1cnc2[nH]cc(C(=O)c3c(F)ccc(N)c3F)c2c1.Cc1cnc2[nH]cc(C(=O)c3c(F)ccc(NS(=O)(=O)c4cccc(F)c4)c3F)c2c1.O=S(=O)(Cl)c1cccc(F)c1. The Bertz CT molecular complexity index is 3330. The van der Waals surface area contributed by atoms with Gasteiger partial charge in [0.25, 0.3) is 19.1 Å². The fourth-order valence-corrected chi connectivity index (χ4v) is 7.81. The Hall–Kier alpha value is -7.03. The predicted molar refractivity (Wildman–Crippen MR) is 222 cm³/mol. The molecule has 0 radical (unpaired) electrons. The smallest absolute Gasteiger partial charge is 0.262 e. The summed E-state index contributed by atoms with van der Waals surface area (Å²) in [5.41, 5.74) is 5.45. The maximum atomic E-state index is 15.1. The van der Waals surface area contributed by atoms with Crippen molar-refractivity contribution in [2.24, 2.45) is 0 Å². The number of rotatable bonds is 8. The third-order valence-corrected chi connectivity index (χ3v) is 11.6. The zero-order valence-electron chi connectivity index (χ0n) is 32.3. The molecular formula is C42H29ClF6N6O6S2. The van der Waals surface area contributed by atoms with E-state index in [-0.39, 0.29) is 21.7 Å². The van der Waals surface area contributed by atoms with Crippen molar-refractivity contribution >= 4 is 74.8 Å². The van der Waals surface area contributed by atoms with Crippen LogP contribution in [0.15, 0.2) is 120 Å². The quantitative estimate of drug-likeness (QED) is 0.0497. The van der Waals surface area contributed by atoms with Crippen LogP contribution < -0.4 is 10.5 Å². The van der Waals surface area contributed by atoms with Gasteiger partial charge >= 0.3 is 0 Å². The molecule has 0 atom stereocenters. The Morgan fingerprint density at radius 2 is 1.10 bits per heavy atom. The first-order valence-electron chi connectivity index (χ1n) is 17.8. The highest BCUT2D eigenvalue weighted by Crippen LogP contribution is 2.29. The summed E-state index contributed by atoms with van der Waals surface area (Å²) in [6, 6.07) is 15.6. The number of aryl methyl sites for hydroxylation is 2. The molecule has 0 saturated carbocycles. The van der Waals surface area contributed by atoms with E-state index in [1.807, 2.05) is 11.6 Å². The molecule has 0 aliphatic heterocycles. The molecule has 4 aromatic heterocycles. The number of H-pyrrole nitrogens is 2. The summed E-state index contributed by atoms with van der Waals surface area (Å²) in [7, 11) is -3.24. The summed E-state index contributed by atoms with van der Waals surface area (Å²) in [6.07, 6.45) is 5.87. The maximum absolute atomic E-state index is 15.1. The third kappa shape index (κ3) is 10.0. The summed E-state index contributed by atoms with van der Waals surface area (Å²) >= 11 is 0. The van der Waals surface area contributed by atoms with E-state index >= 15 is 4.39 Å². The van der Waals surface area contributed by atoms with E-state index in [0.29, 0.717) is 22.1 Å². The first kappa shape index (κ1) is 45.5. The number of nitrogens with one attached hydrogen (secondary N) is 3. The Labute approximate surface area is 358 Å². The Balaban J connectivity index is 0.000000177. The second-order valence-corrected chi connectivity index (χ2v) is 17.7. The molecule has 12 nitrogen and oxygen atoms in total. The van der Waals surface area contributed by atoms with Gasteiger partial charge in [0.05, 0.1) is 32.3 Å². The van der Waals surface area contributed by atoms with E-state index in [2.05, 4.69) is 19.9 Å². The van der Waals surface area contributed by atoms with E-state index in [1.165, 1.54) is 30.6 Å². The molecule has 5 N–H and O–H groups in total. The van der Waals surface area contributed by atoms with E-state index in [9.17, 15) is 48.4 Å². The number of hydrogen-bond acceptors (Lipinski definition) is 9. The number of halogens is 7. The van der Waals surface area contributed by atoms with Gasteiger partial charge in [-0.05, 0) is 97.8 Å². The molecule has 0 saturated heterocycles. The van der Waals surface area contributed by atoms with E-state index in [1.54, 1.807) is 31.5 Å². The number of fused-ring (bicyclic) bond motifs is 2. The van der Waals surface area contributed by atoms with Crippen LogP contribution in [0.4, 0.5) is 37.7 Å². The van der Waals surface area contributed by atoms with Gasteiger partial charge in [0.1, 0.15) is 34.6 Å². The van der Waals surface area contributed by atoms with Crippen LogP contribution in [-0.4, -0.2) is 48.3 Å². The zero-order valence-corrected chi connectivity index (χ0v) is 34.7. The largest absolute Gasteiger partial charge is 0.396 e. The molecule has 4 aromatic carbocycles. The summed E-state index contributed by atoms with van der Waals surface area (Å²) in [5.74, 6) is -7.72. The summed E-state index contributed by atoms with van der Waals surface area (Å²) in [5, 5.41) is 0.885. The number of nitrogen functional groups attached to an aromatic ring is 1. The van der Waals surface area contributed by atoms with Gasteiger partial charge < -0.3 is 15.7 Å². The summed E-state index contributed by atoms with van der Waals surface area (Å²) < 4.78 is 131. The van der Waals surface area contributed by atoms with Gasteiger partial charge in [-0.3, -0.25) is 14.3 Å². The minimum atomic E-state index is -4.39. The standard InChI is InChI=1S/C21H14F3N3O3S.C15H11F2N3O.C6H4ClFO2S/c1-11-7-14-15(10-26-21(14)25-9-11)20(28)18-16(23)5-6-17(19(18)24)27-31(29,30)13-4-2-3-12(22)8-13;1-7-4-8-9(6-20-15(8)19-5-7)14(21)12-10(16)2-3-11(18)13(12)17;7-11(9,10)6-3-1-2-5(8)4-6/h2-10,27H,1H3,(H,25,26);2-6H,18H2,1H3,(H,19,20);1-4H. The molecular weight excluding hydrogens is 898 g/mol. The lowest BCUT2D eigenvalue weighted by Gasteiger charge is -2.12. The molecule has 63 heavy (non-hydrogen) atoms. The number of anilines is 2. The van der Waals surface area contributed by atoms with E-state index < -0.39 is 87.3 Å². The maximum Gasteiger partial charge on any atom is 0.262 e. The first-order chi connectivity index (χ1) is 29.7. The normalized spacial score (nSPS) is 11.4. The Morgan fingerprint density at radius 1 is 0.635 bits per heavy atom. The topological polar surface area (TPSA) is 198 Å². The van der Waals surface area contributed by atoms with Crippen molar-refractivity contribution in [2.75, 3.05) is 10.5 Å². The van der Waals surface area contributed by atoms with Crippen LogP contribution in [0.1, 0.15) is 43.0 Å². The number of nitrogens with two attached hydrogens (primary N) is 1. The Kier molecular flexibility index (Phi) is 13.1. The van der Waals surface area contributed by atoms with E-state index in [4.69, 9.17) is 16.4 Å². The fourth-order valence-electron chi connectivity index (χ4n) is 5.93. The molecule has 0 aliphatic rings. The highest BCUT2D eigenvalue weighted by Gasteiger charge is 2.27. The zero-order chi connectivity index (χ0) is 46.0. The third-order valence-electron chi connectivity index (χ3n) is 8.92. The van der Waals surface area contributed by atoms with Crippen molar-refractivity contribution < 1.29 is 52.8 Å². The van der Waals surface area contributed by atoms with Crippen molar-refractivity contribution in [3.05, 3.63) is 178 Å². The van der Waals surface area contributed by atoms with Crippen LogP contribution in [0, 0.1) is 48.8 Å². The van der Waals surface area contributed by atoms with Gasteiger partial charge in [-0.25, -0.2) is 53.1 Å². The average molecular weight is 927 g/mol. The summed E-state index contributed by atoms with van der Waals surface area (Å²) in [4.78, 5) is 38.5. The Morgan fingerprint density at radius 3 is 1.57 bits per heavy atom. The minimum Gasteiger partial charge on any atom is -0.396 e. The number of hydrogen-bond donors (Lipinski definition) is 4. The fraction of sp³-hybridized carbons (Fsp3) is 0.0476. The van der Waals surface area contributed by atoms with Crippen LogP contribution in [0.2, 0.25) is 0 Å². The number of carbonyl (C=O) groups is 2. The number of benzene rings is 4. The molecule has 21 heteroatoms. The molecule has 0 amide bonds. The van der Waals surface area contributed by atoms with Gasteiger partial charge in [-0.2, -0.15) is 0 Å². The average Bonchev–Trinajstić information content (AvgIpc) is 3.84. The van der Waals surface area contributed by atoms with Crippen LogP contribution >= 0.6 is 10.7 Å². The van der Waals surface area contributed by atoms with Crippen LogP contribution in [0.5, 0.6) is 0 Å². The van der Waals surface area contributed by atoms with Gasteiger partial charge in [0, 0.05) is 57.4 Å². The number of aromatic amines is 2. The second kappa shape index (κ2) is 18.1. The molecule has 8 rings (SSSR count). The molecule has 324 valence electrons. The van der Waals surface area contributed by atoms with Crippen molar-refractivity contribution in [3.63, 3.8) is 0 Å². The first-order valence-corrected chi connectivity index (χ1v) is 21.6. The number of nitrogens with zero attached hydrogens (tertiary/aromatic N) is 2. The van der Waals surface area contributed by atoms with Gasteiger partial charge in [0.15, 0.2) is 11.6 Å². The highest BCUT2D eigenvalue weighted by molar-refractivity contribution is 8.13. The molecule has 0 spiro atoms. The number of ketones is 2. The minimum absolute atomic E-state index is 0.0193. The van der Waals surface area contributed by atoms with Crippen molar-refractivity contribution in [1.82, 2.24) is 19.9 Å². The highest BCUT2D eigenvalue weighted by atomic mass is 35.7. The van der Waals surface area contributed by atoms with Crippen LogP contribution in [0.25, 0.3) is 22.1 Å². The molecule has 0 bridgehead atoms. The lowest BCUT2D eigenvalue weighted by molar-refractivity contribution is 0.102. The molecule has 0 fully saturated rings. The second-order valence-electron chi connectivity index (χ2n) is 13.4. The van der Waals surface area contributed by atoms with Crippen molar-refractivity contribution in [2.45, 2.75) is 23.6 Å². The number of sulfonamides is 1. The molecule has 8 aromatic rings. The lowest BCUT2D eigenvalue weighted by atomic mass is 10.0. The van der Waals surface area contributed by atoms with Gasteiger partial charge in [-0.1, -0.05) is 12.1 Å². The number of pyridine rings is 2. The van der Waals surface area contributed by atoms with Crippen molar-refractivity contribution in [1.29, 1.82) is 0 Å². The molecule has 0 aliphatic carbocycles. The summed E-state index contributed by atoms with van der Waals surface area (Å²) in [6.45, 7) is 3.56. The number of aromatic nitrogens is 4. The van der Waals surface area contributed by atoms with Crippen LogP contribution in [-0.2, 0) is 19.1 Å². The van der Waals surface area contributed by atoms with Crippen LogP contribution in [0.3, 0.4) is 0 Å². The monoisotopic (exact) mass is 926 g/mol. The van der Waals surface area contributed by atoms with E-state index in [0.717, 1.165) is 65.7 Å².